The summed E-state index contributed by atoms with van der Waals surface area (Å²) in [6, 6.07) is 0. The van der Waals surface area contributed by atoms with E-state index in [1.54, 1.807) is 0 Å². The number of hydrogen-bond acceptors (Lipinski definition) is 3. The van der Waals surface area contributed by atoms with Crippen LogP contribution in [0.25, 0.3) is 0 Å². The molecule has 0 aliphatic heterocycles. The quantitative estimate of drug-likeness (QED) is 0.662. The Morgan fingerprint density at radius 1 is 1.07 bits per heavy atom. The number of allylic oxidation sites excluding steroid dienone is 4. The average Bonchev–Trinajstić information content (AvgIpc) is 2.69. The highest BCUT2D eigenvalue weighted by molar-refractivity contribution is 6.08. The minimum atomic E-state index is -0.693. The zero-order chi connectivity index (χ0) is 21.6. The summed E-state index contributed by atoms with van der Waals surface area (Å²) < 4.78 is 0. The molecule has 3 fully saturated rings. The van der Waals surface area contributed by atoms with E-state index in [4.69, 9.17) is 0 Å². The van der Waals surface area contributed by atoms with E-state index in [9.17, 15) is 19.5 Å². The van der Waals surface area contributed by atoms with Crippen molar-refractivity contribution in [2.75, 3.05) is 0 Å². The third kappa shape index (κ3) is 2.26. The first kappa shape index (κ1) is 20.2. The van der Waals surface area contributed by atoms with Gasteiger partial charge in [-0.1, -0.05) is 38.8 Å². The van der Waals surface area contributed by atoms with Gasteiger partial charge in [0.1, 0.15) is 0 Å². The standard InChI is InChI=1S/C26H34O4/c1-14(2)16-13-26-11-8-19-24(3,9-5-10-25(19,4)23(29)30)20(26)12-15(16)21-17(27)6-7-18(28)22(21)26/h6-7,13-15,19-22H,5,8-12H2,1-4H3,(H,29,30)/t15-,19+,20+,21+,22-,24+,25-,26+/m1/s1. The molecule has 162 valence electrons. The summed E-state index contributed by atoms with van der Waals surface area (Å²) in [4.78, 5) is 38.6. The van der Waals surface area contributed by atoms with Gasteiger partial charge in [-0.05, 0) is 80.3 Å². The van der Waals surface area contributed by atoms with E-state index in [0.29, 0.717) is 5.92 Å². The molecule has 6 aliphatic carbocycles. The third-order valence-corrected chi connectivity index (χ3v) is 10.2. The molecule has 0 heterocycles. The molecular weight excluding hydrogens is 376 g/mol. The molecule has 0 amide bonds. The van der Waals surface area contributed by atoms with Crippen LogP contribution in [0.2, 0.25) is 0 Å². The van der Waals surface area contributed by atoms with Crippen LogP contribution in [-0.2, 0) is 14.4 Å². The molecule has 3 saturated carbocycles. The van der Waals surface area contributed by atoms with E-state index in [-0.39, 0.29) is 52.0 Å². The lowest BCUT2D eigenvalue weighted by molar-refractivity contribution is -0.197. The second kappa shape index (κ2) is 6.17. The number of carboxylic acids is 1. The van der Waals surface area contributed by atoms with Crippen LogP contribution >= 0.6 is 0 Å². The maximum Gasteiger partial charge on any atom is 0.309 e. The molecule has 1 spiro atoms. The highest BCUT2D eigenvalue weighted by atomic mass is 16.4. The Labute approximate surface area is 179 Å². The molecule has 0 aromatic rings. The van der Waals surface area contributed by atoms with Gasteiger partial charge < -0.3 is 5.11 Å². The normalized spacial score (nSPS) is 49.4. The number of hydrogen-bond donors (Lipinski definition) is 1. The summed E-state index contributed by atoms with van der Waals surface area (Å²) in [6.45, 7) is 8.67. The predicted octanol–water partition coefficient (Wildman–Crippen LogP) is 4.84. The van der Waals surface area contributed by atoms with Gasteiger partial charge in [0.25, 0.3) is 0 Å². The number of carbonyl (C=O) groups excluding carboxylic acids is 2. The predicted molar refractivity (Wildman–Crippen MR) is 114 cm³/mol. The molecule has 8 atom stereocenters. The van der Waals surface area contributed by atoms with Crippen LogP contribution in [0.15, 0.2) is 23.8 Å². The van der Waals surface area contributed by atoms with Crippen molar-refractivity contribution in [2.24, 2.45) is 51.8 Å². The number of carbonyl (C=O) groups is 3. The van der Waals surface area contributed by atoms with E-state index < -0.39 is 11.4 Å². The lowest BCUT2D eigenvalue weighted by Crippen LogP contribution is -2.66. The molecule has 6 rings (SSSR count). The summed E-state index contributed by atoms with van der Waals surface area (Å²) in [7, 11) is 0. The Balaban J connectivity index is 1.68. The molecule has 4 heteroatoms. The number of ketones is 2. The number of carboxylic acid groups (broad SMARTS) is 1. The minimum Gasteiger partial charge on any atom is -0.481 e. The van der Waals surface area contributed by atoms with Gasteiger partial charge in [0, 0.05) is 17.3 Å². The van der Waals surface area contributed by atoms with Crippen molar-refractivity contribution in [3.8, 4) is 0 Å². The van der Waals surface area contributed by atoms with Crippen molar-refractivity contribution in [1.29, 1.82) is 0 Å². The van der Waals surface area contributed by atoms with Crippen molar-refractivity contribution < 1.29 is 19.5 Å². The van der Waals surface area contributed by atoms with Crippen molar-refractivity contribution in [3.05, 3.63) is 23.8 Å². The van der Waals surface area contributed by atoms with Crippen molar-refractivity contribution in [2.45, 2.75) is 66.2 Å². The maximum absolute atomic E-state index is 13.2. The Morgan fingerprint density at radius 3 is 2.43 bits per heavy atom. The summed E-state index contributed by atoms with van der Waals surface area (Å²) in [5.41, 5.74) is 0.277. The van der Waals surface area contributed by atoms with E-state index in [1.165, 1.54) is 17.7 Å². The van der Waals surface area contributed by atoms with Gasteiger partial charge in [-0.3, -0.25) is 14.4 Å². The summed E-state index contributed by atoms with van der Waals surface area (Å²) in [5.74, 6) is 0.00398. The molecule has 0 radical (unpaired) electrons. The van der Waals surface area contributed by atoms with Crippen LogP contribution in [0.1, 0.15) is 66.2 Å². The second-order valence-corrected chi connectivity index (χ2v) is 11.6. The van der Waals surface area contributed by atoms with Crippen LogP contribution in [0.4, 0.5) is 0 Å². The first-order valence-corrected chi connectivity index (χ1v) is 11.8. The minimum absolute atomic E-state index is 0.101. The van der Waals surface area contributed by atoms with Crippen LogP contribution in [-0.4, -0.2) is 22.6 Å². The van der Waals surface area contributed by atoms with Gasteiger partial charge >= 0.3 is 5.97 Å². The summed E-state index contributed by atoms with van der Waals surface area (Å²) >= 11 is 0. The molecule has 0 unspecified atom stereocenters. The molecule has 0 aromatic carbocycles. The SMILES string of the molecule is CC(C)C1=C[C@@]23CC[C@H]4[C@](C)(CCC[C@@]4(C)C(=O)O)[C@@H]2C[C@H]1[C@H]1C(=O)C=CC(=O)[C@H]13. The van der Waals surface area contributed by atoms with Gasteiger partial charge in [-0.15, -0.1) is 0 Å². The molecule has 2 bridgehead atoms. The molecule has 1 N–H and O–H groups in total. The highest BCUT2D eigenvalue weighted by Gasteiger charge is 2.70. The van der Waals surface area contributed by atoms with Crippen molar-refractivity contribution >= 4 is 17.5 Å². The molecule has 4 nitrogen and oxygen atoms in total. The Kier molecular flexibility index (Phi) is 4.16. The smallest absolute Gasteiger partial charge is 0.309 e. The van der Waals surface area contributed by atoms with E-state index in [0.717, 1.165) is 38.5 Å². The Morgan fingerprint density at radius 2 is 1.77 bits per heavy atom. The Hall–Kier alpha value is -1.71. The fourth-order valence-electron chi connectivity index (χ4n) is 9.05. The summed E-state index contributed by atoms with van der Waals surface area (Å²) in [5, 5.41) is 10.1. The van der Waals surface area contributed by atoms with Crippen molar-refractivity contribution in [1.82, 2.24) is 0 Å². The first-order chi connectivity index (χ1) is 14.1. The van der Waals surface area contributed by atoms with Gasteiger partial charge in [0.2, 0.25) is 0 Å². The number of aliphatic carboxylic acids is 1. The van der Waals surface area contributed by atoms with Gasteiger partial charge in [0.15, 0.2) is 11.6 Å². The highest BCUT2D eigenvalue weighted by Crippen LogP contribution is 2.73. The molecular formula is C26H34O4. The van der Waals surface area contributed by atoms with Gasteiger partial charge in [-0.25, -0.2) is 0 Å². The van der Waals surface area contributed by atoms with Crippen LogP contribution in [0.3, 0.4) is 0 Å². The molecule has 6 aliphatic rings. The topological polar surface area (TPSA) is 71.4 Å². The molecule has 0 saturated heterocycles. The van der Waals surface area contributed by atoms with E-state index in [1.807, 2.05) is 6.92 Å². The number of rotatable bonds is 2. The fraction of sp³-hybridized carbons (Fsp3) is 0.731. The number of fused-ring (bicyclic) bond motifs is 1. The third-order valence-electron chi connectivity index (χ3n) is 10.2. The summed E-state index contributed by atoms with van der Waals surface area (Å²) in [6.07, 6.45) is 10.8. The van der Waals surface area contributed by atoms with Crippen LogP contribution < -0.4 is 0 Å². The lowest BCUT2D eigenvalue weighted by Gasteiger charge is -2.69. The largest absolute Gasteiger partial charge is 0.481 e. The fourth-order valence-corrected chi connectivity index (χ4v) is 9.05. The average molecular weight is 411 g/mol. The van der Waals surface area contributed by atoms with Gasteiger partial charge in [-0.2, -0.15) is 0 Å². The first-order valence-electron chi connectivity index (χ1n) is 11.8. The lowest BCUT2D eigenvalue weighted by atomic mass is 9.33. The van der Waals surface area contributed by atoms with Crippen molar-refractivity contribution in [3.63, 3.8) is 0 Å². The Bertz CT molecular complexity index is 897. The monoisotopic (exact) mass is 410 g/mol. The van der Waals surface area contributed by atoms with E-state index in [2.05, 4.69) is 26.8 Å². The zero-order valence-electron chi connectivity index (χ0n) is 18.6. The maximum atomic E-state index is 13.2. The zero-order valence-corrected chi connectivity index (χ0v) is 18.6. The van der Waals surface area contributed by atoms with E-state index >= 15 is 0 Å². The van der Waals surface area contributed by atoms with Crippen LogP contribution in [0, 0.1) is 51.8 Å². The molecule has 0 aromatic heterocycles. The second-order valence-electron chi connectivity index (χ2n) is 11.6. The molecule has 30 heavy (non-hydrogen) atoms. The van der Waals surface area contributed by atoms with Gasteiger partial charge in [0.05, 0.1) is 5.41 Å². The van der Waals surface area contributed by atoms with Crippen LogP contribution in [0.5, 0.6) is 0 Å².